The number of hydrogen-bond donors (Lipinski definition) is 2. The summed E-state index contributed by atoms with van der Waals surface area (Å²) in [5.74, 6) is -0.236. The fourth-order valence-corrected chi connectivity index (χ4v) is 3.79. The summed E-state index contributed by atoms with van der Waals surface area (Å²) in [6, 6.07) is 12.3. The van der Waals surface area contributed by atoms with Crippen molar-refractivity contribution in [3.8, 4) is 0 Å². The number of halogens is 4. The number of alkyl halides is 3. The van der Waals surface area contributed by atoms with Gasteiger partial charge in [-0.15, -0.1) is 11.3 Å². The molecular weight excluding hydrogens is 439 g/mol. The van der Waals surface area contributed by atoms with Gasteiger partial charge in [0.15, 0.2) is 11.2 Å². The number of aromatic nitrogens is 1. The molecule has 3 aromatic rings. The van der Waals surface area contributed by atoms with Gasteiger partial charge in [-0.2, -0.15) is 13.2 Å². The van der Waals surface area contributed by atoms with E-state index < -0.39 is 12.3 Å². The number of carbonyl (C=O) groups is 1. The lowest BCUT2D eigenvalue weighted by Gasteiger charge is -2.18. The lowest BCUT2D eigenvalue weighted by molar-refractivity contribution is -0.206. The number of benzene rings is 2. The molecule has 2 aromatic carbocycles. The second kappa shape index (κ2) is 9.03. The van der Waals surface area contributed by atoms with Crippen LogP contribution in [0.25, 0.3) is 0 Å². The molecule has 3 rings (SSSR count). The number of amides is 1. The summed E-state index contributed by atoms with van der Waals surface area (Å²) in [7, 11) is 0. The number of nitrogens with one attached hydrogen (secondary N) is 1. The van der Waals surface area contributed by atoms with Crippen molar-refractivity contribution in [3.05, 3.63) is 70.2 Å². The standard InChI is InChI=1S/C20H17ClF3N3O2S/c1-12(28)27(17-7-3-5-14(21)9-17)19-26-16(11-30-19)10-25-15-6-2-4-13(8-15)18(29)20(22,23)24/h2-9,11,18,25,29H,10H2,1H3. The van der Waals surface area contributed by atoms with E-state index in [4.69, 9.17) is 11.6 Å². The highest BCUT2D eigenvalue weighted by Crippen LogP contribution is 2.34. The smallest absolute Gasteiger partial charge is 0.379 e. The highest BCUT2D eigenvalue weighted by molar-refractivity contribution is 7.14. The predicted octanol–water partition coefficient (Wildman–Crippen LogP) is 5.69. The molecule has 1 unspecified atom stereocenters. The molecular formula is C20H17ClF3N3O2S. The van der Waals surface area contributed by atoms with Gasteiger partial charge in [0.1, 0.15) is 0 Å². The molecule has 2 N–H and O–H groups in total. The zero-order valence-corrected chi connectivity index (χ0v) is 17.2. The quantitative estimate of drug-likeness (QED) is 0.501. The zero-order chi connectivity index (χ0) is 21.9. The maximum atomic E-state index is 12.7. The summed E-state index contributed by atoms with van der Waals surface area (Å²) in [6.45, 7) is 1.64. The fourth-order valence-electron chi connectivity index (χ4n) is 2.72. The van der Waals surface area contributed by atoms with Crippen LogP contribution >= 0.6 is 22.9 Å². The topological polar surface area (TPSA) is 65.5 Å². The SMILES string of the molecule is CC(=O)N(c1cccc(Cl)c1)c1nc(CNc2cccc(C(O)C(F)(F)F)c2)cs1. The normalized spacial score (nSPS) is 12.5. The van der Waals surface area contributed by atoms with Crippen LogP contribution in [0.2, 0.25) is 5.02 Å². The third-order valence-electron chi connectivity index (χ3n) is 4.10. The molecule has 0 spiro atoms. The number of rotatable bonds is 6. The molecule has 1 aromatic heterocycles. The lowest BCUT2D eigenvalue weighted by atomic mass is 10.1. The van der Waals surface area contributed by atoms with Crippen molar-refractivity contribution in [1.29, 1.82) is 0 Å². The average molecular weight is 456 g/mol. The van der Waals surface area contributed by atoms with Crippen LogP contribution in [0.15, 0.2) is 53.9 Å². The Morgan fingerprint density at radius 3 is 2.67 bits per heavy atom. The second-order valence-corrected chi connectivity index (χ2v) is 7.65. The maximum absolute atomic E-state index is 12.7. The minimum Gasteiger partial charge on any atom is -0.379 e. The molecule has 0 aliphatic heterocycles. The van der Waals surface area contributed by atoms with E-state index in [2.05, 4.69) is 10.3 Å². The van der Waals surface area contributed by atoms with Gasteiger partial charge in [0, 0.05) is 23.0 Å². The molecule has 10 heteroatoms. The van der Waals surface area contributed by atoms with Crippen molar-refractivity contribution in [3.63, 3.8) is 0 Å². The third-order valence-corrected chi connectivity index (χ3v) is 5.21. The van der Waals surface area contributed by atoms with Crippen molar-refractivity contribution in [1.82, 2.24) is 4.98 Å². The minimum absolute atomic E-state index is 0.226. The molecule has 5 nitrogen and oxygen atoms in total. The molecule has 0 radical (unpaired) electrons. The molecule has 0 bridgehead atoms. The molecule has 0 aliphatic carbocycles. The first-order chi connectivity index (χ1) is 14.1. The van der Waals surface area contributed by atoms with Crippen LogP contribution in [0.1, 0.15) is 24.3 Å². The van der Waals surface area contributed by atoms with E-state index in [1.54, 1.807) is 35.7 Å². The molecule has 30 heavy (non-hydrogen) atoms. The van der Waals surface area contributed by atoms with Crippen molar-refractivity contribution in [2.24, 2.45) is 0 Å². The summed E-state index contributed by atoms with van der Waals surface area (Å²) in [5.41, 5.74) is 1.33. The number of aliphatic hydroxyl groups is 1. The van der Waals surface area contributed by atoms with Crippen molar-refractivity contribution in [2.45, 2.75) is 25.7 Å². The van der Waals surface area contributed by atoms with Crippen LogP contribution in [0, 0.1) is 0 Å². The fraction of sp³-hybridized carbons (Fsp3) is 0.200. The molecule has 1 atom stereocenters. The Balaban J connectivity index is 1.74. The summed E-state index contributed by atoms with van der Waals surface area (Å²) >= 11 is 7.27. The maximum Gasteiger partial charge on any atom is 0.418 e. The number of anilines is 3. The van der Waals surface area contributed by atoms with Gasteiger partial charge >= 0.3 is 6.18 Å². The van der Waals surface area contributed by atoms with E-state index >= 15 is 0 Å². The molecule has 0 saturated heterocycles. The Morgan fingerprint density at radius 1 is 1.27 bits per heavy atom. The van der Waals surface area contributed by atoms with E-state index in [0.717, 1.165) is 0 Å². The first-order valence-corrected chi connectivity index (χ1v) is 10.00. The molecule has 0 fully saturated rings. The number of aliphatic hydroxyl groups excluding tert-OH is 1. The van der Waals surface area contributed by atoms with E-state index in [-0.39, 0.29) is 18.0 Å². The summed E-state index contributed by atoms with van der Waals surface area (Å²) in [6.07, 6.45) is -7.29. The number of hydrogen-bond acceptors (Lipinski definition) is 5. The third kappa shape index (κ3) is 5.29. The first kappa shape index (κ1) is 22.1. The summed E-state index contributed by atoms with van der Waals surface area (Å²) in [4.78, 5) is 18.0. The van der Waals surface area contributed by atoms with Gasteiger partial charge in [-0.1, -0.05) is 29.8 Å². The summed E-state index contributed by atoms with van der Waals surface area (Å²) in [5, 5.41) is 15.1. The second-order valence-electron chi connectivity index (χ2n) is 6.38. The van der Waals surface area contributed by atoms with Crippen LogP contribution in [-0.2, 0) is 11.3 Å². The van der Waals surface area contributed by atoms with Gasteiger partial charge in [-0.25, -0.2) is 4.98 Å². The molecule has 0 aliphatic rings. The highest BCUT2D eigenvalue weighted by Gasteiger charge is 2.39. The van der Waals surface area contributed by atoms with Crippen molar-refractivity contribution >= 4 is 45.4 Å². The molecule has 158 valence electrons. The largest absolute Gasteiger partial charge is 0.418 e. The minimum atomic E-state index is -4.74. The highest BCUT2D eigenvalue weighted by atomic mass is 35.5. The van der Waals surface area contributed by atoms with Crippen molar-refractivity contribution in [2.75, 3.05) is 10.2 Å². The Labute approximate surface area is 179 Å². The monoisotopic (exact) mass is 455 g/mol. The van der Waals surface area contributed by atoms with E-state index in [9.17, 15) is 23.1 Å². The Bertz CT molecular complexity index is 1040. The number of carbonyl (C=O) groups excluding carboxylic acids is 1. The molecule has 1 heterocycles. The van der Waals surface area contributed by atoms with Gasteiger partial charge < -0.3 is 10.4 Å². The Morgan fingerprint density at radius 2 is 2.00 bits per heavy atom. The van der Waals surface area contributed by atoms with Crippen LogP contribution in [0.5, 0.6) is 0 Å². The van der Waals surface area contributed by atoms with Gasteiger partial charge in [0.25, 0.3) is 0 Å². The van der Waals surface area contributed by atoms with E-state index in [1.165, 1.54) is 41.4 Å². The van der Waals surface area contributed by atoms with Gasteiger partial charge in [0.05, 0.1) is 17.9 Å². The summed E-state index contributed by atoms with van der Waals surface area (Å²) < 4.78 is 38.1. The van der Waals surface area contributed by atoms with Crippen LogP contribution in [-0.4, -0.2) is 22.2 Å². The van der Waals surface area contributed by atoms with E-state index in [1.807, 2.05) is 0 Å². The van der Waals surface area contributed by atoms with Gasteiger partial charge in [-0.05, 0) is 35.9 Å². The van der Waals surface area contributed by atoms with E-state index in [0.29, 0.717) is 27.2 Å². The van der Waals surface area contributed by atoms with Crippen LogP contribution in [0.4, 0.5) is 29.7 Å². The Kier molecular flexibility index (Phi) is 6.64. The van der Waals surface area contributed by atoms with Crippen LogP contribution < -0.4 is 10.2 Å². The Hall–Kier alpha value is -2.62. The number of thiazole rings is 1. The zero-order valence-electron chi connectivity index (χ0n) is 15.7. The van der Waals surface area contributed by atoms with Gasteiger partial charge in [0.2, 0.25) is 5.91 Å². The predicted molar refractivity (Wildman–Crippen MR) is 111 cm³/mol. The van der Waals surface area contributed by atoms with Crippen LogP contribution in [0.3, 0.4) is 0 Å². The number of nitrogens with zero attached hydrogens (tertiary/aromatic N) is 2. The van der Waals surface area contributed by atoms with Crippen molar-refractivity contribution < 1.29 is 23.1 Å². The average Bonchev–Trinajstić information content (AvgIpc) is 3.13. The molecule has 0 saturated carbocycles. The van der Waals surface area contributed by atoms with Gasteiger partial charge in [-0.3, -0.25) is 9.69 Å². The molecule has 1 amide bonds. The lowest BCUT2D eigenvalue weighted by Crippen LogP contribution is -2.22. The first-order valence-electron chi connectivity index (χ1n) is 8.74.